The lowest BCUT2D eigenvalue weighted by Crippen LogP contribution is -2.40. The Kier molecular flexibility index (Phi) is 5.66. The van der Waals surface area contributed by atoms with Gasteiger partial charge >= 0.3 is 0 Å². The van der Waals surface area contributed by atoms with E-state index >= 15 is 0 Å². The molecule has 3 heteroatoms. The van der Waals surface area contributed by atoms with Crippen LogP contribution in [0.15, 0.2) is 48.5 Å². The lowest BCUT2D eigenvalue weighted by Gasteiger charge is -2.36. The van der Waals surface area contributed by atoms with Crippen LogP contribution in [0.2, 0.25) is 18.1 Å². The Labute approximate surface area is 147 Å². The number of benzene rings is 2. The highest BCUT2D eigenvalue weighted by molar-refractivity contribution is 6.74. The van der Waals surface area contributed by atoms with Crippen LogP contribution in [0.1, 0.15) is 50.3 Å². The van der Waals surface area contributed by atoms with Gasteiger partial charge in [-0.1, -0.05) is 64.1 Å². The van der Waals surface area contributed by atoms with Gasteiger partial charge in [0, 0.05) is 5.92 Å². The fourth-order valence-electron chi connectivity index (χ4n) is 2.33. The third kappa shape index (κ3) is 4.55. The van der Waals surface area contributed by atoms with Gasteiger partial charge < -0.3 is 4.43 Å². The van der Waals surface area contributed by atoms with Crippen LogP contribution in [0, 0.1) is 5.82 Å². The molecule has 0 N–H and O–H groups in total. The smallest absolute Gasteiger partial charge is 0.192 e. The number of halogens is 1. The van der Waals surface area contributed by atoms with Gasteiger partial charge in [-0.3, -0.25) is 0 Å². The van der Waals surface area contributed by atoms with E-state index in [1.165, 1.54) is 23.3 Å². The van der Waals surface area contributed by atoms with E-state index in [1.54, 1.807) is 0 Å². The van der Waals surface area contributed by atoms with E-state index in [0.29, 0.717) is 6.61 Å². The normalized spacial score (nSPS) is 13.8. The molecule has 0 fully saturated rings. The molecule has 0 bridgehead atoms. The Morgan fingerprint density at radius 3 is 1.83 bits per heavy atom. The minimum atomic E-state index is -1.72. The summed E-state index contributed by atoms with van der Waals surface area (Å²) in [6, 6.07) is 15.3. The third-order valence-electron chi connectivity index (χ3n) is 5.26. The zero-order chi connectivity index (χ0) is 18.0. The van der Waals surface area contributed by atoms with Gasteiger partial charge in [0.05, 0.1) is 6.61 Å². The molecule has 1 atom stereocenters. The van der Waals surface area contributed by atoms with Crippen molar-refractivity contribution in [3.8, 4) is 0 Å². The Morgan fingerprint density at radius 2 is 1.38 bits per heavy atom. The predicted molar refractivity (Wildman–Crippen MR) is 102 cm³/mol. The molecule has 1 nitrogen and oxygen atoms in total. The molecule has 0 saturated heterocycles. The van der Waals surface area contributed by atoms with Crippen molar-refractivity contribution in [2.45, 2.75) is 58.4 Å². The lowest BCUT2D eigenvalue weighted by molar-refractivity contribution is 0.276. The Balaban J connectivity index is 2.04. The zero-order valence-electron chi connectivity index (χ0n) is 15.7. The van der Waals surface area contributed by atoms with Gasteiger partial charge in [0.1, 0.15) is 5.82 Å². The molecule has 0 heterocycles. The van der Waals surface area contributed by atoms with Gasteiger partial charge in [0.15, 0.2) is 8.32 Å². The molecule has 1 unspecified atom stereocenters. The van der Waals surface area contributed by atoms with Crippen molar-refractivity contribution >= 4 is 8.32 Å². The first-order valence-corrected chi connectivity index (χ1v) is 11.5. The van der Waals surface area contributed by atoms with E-state index in [0.717, 1.165) is 5.56 Å². The molecule has 0 aliphatic carbocycles. The maximum atomic E-state index is 13.1. The summed E-state index contributed by atoms with van der Waals surface area (Å²) < 4.78 is 19.3. The van der Waals surface area contributed by atoms with E-state index in [1.807, 2.05) is 12.1 Å². The predicted octanol–water partition coefficient (Wildman–Crippen LogP) is 6.50. The van der Waals surface area contributed by atoms with Crippen molar-refractivity contribution in [2.24, 2.45) is 0 Å². The highest BCUT2D eigenvalue weighted by atomic mass is 28.4. The van der Waals surface area contributed by atoms with Gasteiger partial charge in [0.25, 0.3) is 0 Å². The molecular formula is C21H29FOSi. The molecule has 2 aromatic carbocycles. The van der Waals surface area contributed by atoms with Crippen LogP contribution < -0.4 is 0 Å². The quantitative estimate of drug-likeness (QED) is 0.563. The number of rotatable bonds is 5. The Hall–Kier alpha value is -1.45. The van der Waals surface area contributed by atoms with E-state index in [-0.39, 0.29) is 16.8 Å². The first kappa shape index (κ1) is 18.9. The SMILES string of the molecule is CC(c1ccc(F)cc1)c1ccc(CO[Si](C)(C)C(C)(C)C)cc1. The second-order valence-electron chi connectivity index (χ2n) is 8.06. The molecule has 0 aliphatic heterocycles. The average Bonchev–Trinajstić information content (AvgIpc) is 2.52. The second kappa shape index (κ2) is 7.20. The van der Waals surface area contributed by atoms with Crippen LogP contribution in [0.25, 0.3) is 0 Å². The molecule has 2 rings (SSSR count). The number of hydrogen-bond acceptors (Lipinski definition) is 1. The average molecular weight is 345 g/mol. The topological polar surface area (TPSA) is 9.23 Å². The first-order chi connectivity index (χ1) is 11.1. The molecule has 130 valence electrons. The maximum absolute atomic E-state index is 13.1. The summed E-state index contributed by atoms with van der Waals surface area (Å²) in [5, 5.41) is 0.226. The summed E-state index contributed by atoms with van der Waals surface area (Å²) in [5.41, 5.74) is 3.56. The summed E-state index contributed by atoms with van der Waals surface area (Å²) in [6.07, 6.45) is 0. The van der Waals surface area contributed by atoms with Crippen molar-refractivity contribution in [1.82, 2.24) is 0 Å². The molecule has 0 spiro atoms. The van der Waals surface area contributed by atoms with Crippen LogP contribution in [0.5, 0.6) is 0 Å². The number of hydrogen-bond donors (Lipinski definition) is 0. The lowest BCUT2D eigenvalue weighted by atomic mass is 9.93. The molecule has 24 heavy (non-hydrogen) atoms. The summed E-state index contributed by atoms with van der Waals surface area (Å²) in [4.78, 5) is 0. The van der Waals surface area contributed by atoms with E-state index in [4.69, 9.17) is 4.43 Å². The highest BCUT2D eigenvalue weighted by Gasteiger charge is 2.36. The van der Waals surface area contributed by atoms with Crippen molar-refractivity contribution in [3.63, 3.8) is 0 Å². The van der Waals surface area contributed by atoms with Gasteiger partial charge in [-0.25, -0.2) is 4.39 Å². The Morgan fingerprint density at radius 1 is 0.917 bits per heavy atom. The first-order valence-electron chi connectivity index (χ1n) is 8.58. The highest BCUT2D eigenvalue weighted by Crippen LogP contribution is 2.37. The van der Waals surface area contributed by atoms with Gasteiger partial charge in [-0.05, 0) is 47.0 Å². The summed E-state index contributed by atoms with van der Waals surface area (Å²) in [6.45, 7) is 14.1. The molecule has 0 aliphatic rings. The summed E-state index contributed by atoms with van der Waals surface area (Å²) in [7, 11) is -1.72. The van der Waals surface area contributed by atoms with Crippen LogP contribution in [-0.2, 0) is 11.0 Å². The summed E-state index contributed by atoms with van der Waals surface area (Å²) >= 11 is 0. The van der Waals surface area contributed by atoms with Crippen molar-refractivity contribution < 1.29 is 8.82 Å². The van der Waals surface area contributed by atoms with Crippen LogP contribution >= 0.6 is 0 Å². The van der Waals surface area contributed by atoms with Gasteiger partial charge in [-0.15, -0.1) is 0 Å². The standard InChI is InChI=1S/C21H29FOSi/c1-16(19-11-13-20(22)14-12-19)18-9-7-17(8-10-18)15-23-24(5,6)21(2,3)4/h7-14,16H,15H2,1-6H3. The molecule has 0 amide bonds. The molecular weight excluding hydrogens is 315 g/mol. The fraction of sp³-hybridized carbons (Fsp3) is 0.429. The molecule has 2 aromatic rings. The third-order valence-corrected chi connectivity index (χ3v) is 9.73. The van der Waals surface area contributed by atoms with Crippen LogP contribution in [0.4, 0.5) is 4.39 Å². The van der Waals surface area contributed by atoms with Crippen molar-refractivity contribution in [2.75, 3.05) is 0 Å². The molecule has 0 aromatic heterocycles. The second-order valence-corrected chi connectivity index (χ2v) is 12.9. The van der Waals surface area contributed by atoms with Gasteiger partial charge in [0.2, 0.25) is 0 Å². The van der Waals surface area contributed by atoms with E-state index in [9.17, 15) is 4.39 Å². The Bertz CT molecular complexity index is 654. The molecule has 0 radical (unpaired) electrons. The van der Waals surface area contributed by atoms with Crippen LogP contribution in [0.3, 0.4) is 0 Å². The minimum absolute atomic E-state index is 0.191. The largest absolute Gasteiger partial charge is 0.413 e. The van der Waals surface area contributed by atoms with E-state index in [2.05, 4.69) is 65.1 Å². The minimum Gasteiger partial charge on any atom is -0.413 e. The van der Waals surface area contributed by atoms with Crippen molar-refractivity contribution in [3.05, 3.63) is 71.0 Å². The fourth-order valence-corrected chi connectivity index (χ4v) is 3.29. The van der Waals surface area contributed by atoms with E-state index < -0.39 is 8.32 Å². The van der Waals surface area contributed by atoms with Crippen molar-refractivity contribution in [1.29, 1.82) is 0 Å². The van der Waals surface area contributed by atoms with Crippen LogP contribution in [-0.4, -0.2) is 8.32 Å². The maximum Gasteiger partial charge on any atom is 0.192 e. The van der Waals surface area contributed by atoms with Gasteiger partial charge in [-0.2, -0.15) is 0 Å². The monoisotopic (exact) mass is 344 g/mol. The summed E-state index contributed by atoms with van der Waals surface area (Å²) in [5.74, 6) is 0.0602. The molecule has 0 saturated carbocycles. The zero-order valence-corrected chi connectivity index (χ0v) is 16.7.